The number of nitrogens with one attached hydrogen (secondary N) is 1. The Morgan fingerprint density at radius 3 is 2.41 bits per heavy atom. The van der Waals surface area contributed by atoms with Crippen LogP contribution in [0.5, 0.6) is 0 Å². The largest absolute Gasteiger partial charge is 0.399 e. The van der Waals surface area contributed by atoms with Crippen molar-refractivity contribution >= 4 is 39.0 Å². The van der Waals surface area contributed by atoms with Crippen LogP contribution in [0.2, 0.25) is 0 Å². The van der Waals surface area contributed by atoms with Crippen molar-refractivity contribution in [2.24, 2.45) is 0 Å². The molecular weight excluding hydrogens is 334 g/mol. The summed E-state index contributed by atoms with van der Waals surface area (Å²) in [5, 5.41) is 6.29. The molecule has 0 spiro atoms. The molecule has 0 bridgehead atoms. The fourth-order valence-electron chi connectivity index (χ4n) is 3.76. The van der Waals surface area contributed by atoms with Gasteiger partial charge in [0.1, 0.15) is 6.54 Å². The summed E-state index contributed by atoms with van der Waals surface area (Å²) in [6.07, 6.45) is 0. The SMILES string of the molecule is CC[n+]1c(-c2ccccc2)c2cc(NC(C)=O)ccc2c2ccc(N)cc21. The smallest absolute Gasteiger partial charge is 0.221 e. The Hall–Kier alpha value is -3.40. The van der Waals surface area contributed by atoms with Gasteiger partial charge < -0.3 is 11.1 Å². The number of nitrogens with zero attached hydrogens (tertiary/aromatic N) is 1. The molecule has 0 saturated carbocycles. The van der Waals surface area contributed by atoms with E-state index < -0.39 is 0 Å². The number of carbonyl (C=O) groups excluding carboxylic acids is 1. The van der Waals surface area contributed by atoms with Crippen molar-refractivity contribution in [3.63, 3.8) is 0 Å². The highest BCUT2D eigenvalue weighted by Crippen LogP contribution is 2.33. The second-order valence-corrected chi connectivity index (χ2v) is 6.68. The van der Waals surface area contributed by atoms with Crippen LogP contribution in [0.15, 0.2) is 66.7 Å². The number of carbonyl (C=O) groups is 1. The first-order chi connectivity index (χ1) is 13.1. The van der Waals surface area contributed by atoms with Gasteiger partial charge in [0.25, 0.3) is 0 Å². The summed E-state index contributed by atoms with van der Waals surface area (Å²) in [5.41, 5.74) is 11.0. The van der Waals surface area contributed by atoms with Crippen LogP contribution in [0, 0.1) is 0 Å². The third-order valence-corrected chi connectivity index (χ3v) is 4.83. The number of amides is 1. The van der Waals surface area contributed by atoms with E-state index in [1.807, 2.05) is 36.4 Å². The van der Waals surface area contributed by atoms with Crippen LogP contribution in [0.25, 0.3) is 32.9 Å². The molecule has 0 aliphatic carbocycles. The zero-order valence-electron chi connectivity index (χ0n) is 15.5. The van der Waals surface area contributed by atoms with Crippen molar-refractivity contribution in [3.8, 4) is 11.3 Å². The maximum atomic E-state index is 11.5. The van der Waals surface area contributed by atoms with Gasteiger partial charge in [0, 0.05) is 35.3 Å². The predicted molar refractivity (Wildman–Crippen MR) is 111 cm³/mol. The van der Waals surface area contributed by atoms with Gasteiger partial charge in [-0.3, -0.25) is 4.79 Å². The van der Waals surface area contributed by atoms with Gasteiger partial charge in [0.2, 0.25) is 17.1 Å². The average molecular weight is 356 g/mol. The molecule has 4 aromatic rings. The topological polar surface area (TPSA) is 59.0 Å². The molecule has 0 atom stereocenters. The molecule has 27 heavy (non-hydrogen) atoms. The standard InChI is InChI=1S/C23H21N3O/c1-3-26-22-13-17(24)9-11-20(22)19-12-10-18(25-15(2)27)14-21(19)23(26)16-7-5-4-6-8-16/h4-14,24H,3H2,1-2H3,(H,25,27)/p+1. The Bertz CT molecular complexity index is 1170. The third-order valence-electron chi connectivity index (χ3n) is 4.83. The Labute approximate surface area is 158 Å². The van der Waals surface area contributed by atoms with E-state index in [-0.39, 0.29) is 5.91 Å². The average Bonchev–Trinajstić information content (AvgIpc) is 2.66. The Morgan fingerprint density at radius 1 is 0.963 bits per heavy atom. The number of anilines is 2. The Kier molecular flexibility index (Phi) is 4.24. The summed E-state index contributed by atoms with van der Waals surface area (Å²) in [6.45, 7) is 4.47. The molecular formula is C23H22N3O+. The minimum absolute atomic E-state index is 0.0764. The van der Waals surface area contributed by atoms with E-state index in [0.717, 1.165) is 50.9 Å². The first kappa shape index (κ1) is 17.0. The molecule has 0 saturated heterocycles. The van der Waals surface area contributed by atoms with E-state index in [9.17, 15) is 4.79 Å². The van der Waals surface area contributed by atoms with Crippen LogP contribution in [-0.4, -0.2) is 5.91 Å². The summed E-state index contributed by atoms with van der Waals surface area (Å²) in [5.74, 6) is -0.0764. The molecule has 1 heterocycles. The lowest BCUT2D eigenvalue weighted by molar-refractivity contribution is -0.655. The first-order valence-electron chi connectivity index (χ1n) is 9.10. The zero-order valence-corrected chi connectivity index (χ0v) is 15.5. The summed E-state index contributed by atoms with van der Waals surface area (Å²) in [4.78, 5) is 11.5. The van der Waals surface area contributed by atoms with E-state index in [4.69, 9.17) is 5.73 Å². The van der Waals surface area contributed by atoms with Crippen molar-refractivity contribution in [3.05, 3.63) is 66.7 Å². The second-order valence-electron chi connectivity index (χ2n) is 6.68. The van der Waals surface area contributed by atoms with E-state index in [1.54, 1.807) is 0 Å². The minimum Gasteiger partial charge on any atom is -0.399 e. The lowest BCUT2D eigenvalue weighted by Gasteiger charge is -2.13. The number of hydrogen-bond donors (Lipinski definition) is 2. The maximum absolute atomic E-state index is 11.5. The van der Waals surface area contributed by atoms with Gasteiger partial charge >= 0.3 is 0 Å². The lowest BCUT2D eigenvalue weighted by Crippen LogP contribution is -2.36. The molecule has 3 N–H and O–H groups in total. The molecule has 3 aromatic carbocycles. The number of aromatic nitrogens is 1. The maximum Gasteiger partial charge on any atom is 0.221 e. The van der Waals surface area contributed by atoms with Gasteiger partial charge in [0.15, 0.2) is 0 Å². The molecule has 1 amide bonds. The number of nitrogen functional groups attached to an aromatic ring is 1. The van der Waals surface area contributed by atoms with E-state index in [0.29, 0.717) is 0 Å². The summed E-state index contributed by atoms with van der Waals surface area (Å²) in [6, 6.07) is 22.5. The van der Waals surface area contributed by atoms with E-state index in [1.165, 1.54) is 6.92 Å². The number of pyridine rings is 1. The molecule has 4 heteroatoms. The normalized spacial score (nSPS) is 11.0. The molecule has 0 aliphatic heterocycles. The van der Waals surface area contributed by atoms with Crippen LogP contribution in [-0.2, 0) is 11.3 Å². The highest BCUT2D eigenvalue weighted by atomic mass is 16.1. The van der Waals surface area contributed by atoms with Crippen molar-refractivity contribution < 1.29 is 9.36 Å². The van der Waals surface area contributed by atoms with Crippen LogP contribution < -0.4 is 15.6 Å². The Morgan fingerprint density at radius 2 is 1.70 bits per heavy atom. The third kappa shape index (κ3) is 2.99. The minimum atomic E-state index is -0.0764. The zero-order chi connectivity index (χ0) is 19.0. The fourth-order valence-corrected chi connectivity index (χ4v) is 3.76. The second kappa shape index (κ2) is 6.72. The van der Waals surface area contributed by atoms with E-state index >= 15 is 0 Å². The monoisotopic (exact) mass is 356 g/mol. The predicted octanol–water partition coefficient (Wildman–Crippen LogP) is 4.51. The van der Waals surface area contributed by atoms with E-state index in [2.05, 4.69) is 47.1 Å². The molecule has 4 rings (SSSR count). The molecule has 1 aromatic heterocycles. The van der Waals surface area contributed by atoms with Crippen LogP contribution in [0.1, 0.15) is 13.8 Å². The Balaban J connectivity index is 2.18. The van der Waals surface area contributed by atoms with Gasteiger partial charge in [-0.05, 0) is 43.3 Å². The van der Waals surface area contributed by atoms with Gasteiger partial charge in [-0.1, -0.05) is 24.3 Å². The number of rotatable bonds is 3. The quantitative estimate of drug-likeness (QED) is 0.322. The molecule has 0 aliphatic rings. The number of nitrogens with two attached hydrogens (primary N) is 1. The number of hydrogen-bond acceptors (Lipinski definition) is 2. The summed E-state index contributed by atoms with van der Waals surface area (Å²) < 4.78 is 2.29. The van der Waals surface area contributed by atoms with Gasteiger partial charge in [-0.25, -0.2) is 0 Å². The highest BCUT2D eigenvalue weighted by molar-refractivity contribution is 6.10. The molecule has 0 radical (unpaired) electrons. The highest BCUT2D eigenvalue weighted by Gasteiger charge is 2.22. The van der Waals surface area contributed by atoms with Crippen LogP contribution in [0.3, 0.4) is 0 Å². The molecule has 0 unspecified atom stereocenters. The van der Waals surface area contributed by atoms with Crippen LogP contribution in [0.4, 0.5) is 11.4 Å². The summed E-state index contributed by atoms with van der Waals surface area (Å²) >= 11 is 0. The van der Waals surface area contributed by atoms with Crippen molar-refractivity contribution in [2.45, 2.75) is 20.4 Å². The van der Waals surface area contributed by atoms with Gasteiger partial charge in [0.05, 0.1) is 10.8 Å². The van der Waals surface area contributed by atoms with Crippen molar-refractivity contribution in [1.29, 1.82) is 0 Å². The van der Waals surface area contributed by atoms with Gasteiger partial charge in [-0.15, -0.1) is 0 Å². The van der Waals surface area contributed by atoms with Crippen molar-refractivity contribution in [1.82, 2.24) is 0 Å². The molecule has 134 valence electrons. The molecule has 4 nitrogen and oxygen atoms in total. The number of aryl methyl sites for hydroxylation is 1. The number of fused-ring (bicyclic) bond motifs is 3. The lowest BCUT2D eigenvalue weighted by atomic mass is 9.98. The summed E-state index contributed by atoms with van der Waals surface area (Å²) in [7, 11) is 0. The van der Waals surface area contributed by atoms with Gasteiger partial charge in [-0.2, -0.15) is 4.57 Å². The molecule has 0 fully saturated rings. The number of benzene rings is 3. The van der Waals surface area contributed by atoms with Crippen LogP contribution >= 0.6 is 0 Å². The fraction of sp³-hybridized carbons (Fsp3) is 0.130. The van der Waals surface area contributed by atoms with Crippen molar-refractivity contribution in [2.75, 3.05) is 11.1 Å². The first-order valence-corrected chi connectivity index (χ1v) is 9.10.